The zero-order valence-electron chi connectivity index (χ0n) is 35.8. The van der Waals surface area contributed by atoms with Crippen LogP contribution < -0.4 is 32.7 Å². The molecule has 1 aliphatic heterocycles. The molecule has 20 nitrogen and oxygen atoms in total. The molecule has 334 valence electrons. The Hall–Kier alpha value is -5.62. The Morgan fingerprint density at radius 3 is 2.17 bits per heavy atom. The van der Waals surface area contributed by atoms with Crippen molar-refractivity contribution >= 4 is 41.5 Å². The van der Waals surface area contributed by atoms with Gasteiger partial charge in [-0.25, -0.2) is 4.79 Å². The highest BCUT2D eigenvalue weighted by Crippen LogP contribution is 2.22. The average Bonchev–Trinajstić information content (AvgIpc) is 3.69. The molecule has 0 unspecified atom stereocenters. The quantitative estimate of drug-likeness (QED) is 0.0165. The molecule has 1 heterocycles. The molecule has 1 saturated heterocycles. The van der Waals surface area contributed by atoms with E-state index < -0.39 is 77.7 Å². The van der Waals surface area contributed by atoms with Gasteiger partial charge in [0.15, 0.2) is 5.96 Å². The molecule has 0 spiro atoms. The van der Waals surface area contributed by atoms with Crippen LogP contribution in [0.4, 0.5) is 0 Å². The summed E-state index contributed by atoms with van der Waals surface area (Å²) in [5.41, 5.74) is 20.7. The number of nitrogens with one attached hydrogen (secondary N) is 4. The third kappa shape index (κ3) is 17.3. The Morgan fingerprint density at radius 1 is 0.917 bits per heavy atom. The number of carbonyl (C=O) groups is 6. The van der Waals surface area contributed by atoms with Crippen molar-refractivity contribution in [2.75, 3.05) is 33.7 Å². The number of rotatable bonds is 26. The van der Waals surface area contributed by atoms with E-state index in [1.807, 2.05) is 39.8 Å². The molecule has 1 aromatic rings. The molecule has 60 heavy (non-hydrogen) atoms. The fourth-order valence-corrected chi connectivity index (χ4v) is 6.86. The van der Waals surface area contributed by atoms with Gasteiger partial charge in [-0.3, -0.25) is 29.0 Å². The maximum atomic E-state index is 14.3. The fraction of sp³-hybridized carbons (Fsp3) is 0.675. The number of guanidine groups is 1. The van der Waals surface area contributed by atoms with Crippen LogP contribution in [0.5, 0.6) is 5.75 Å². The molecule has 5 amide bonds. The molecule has 7 atom stereocenters. The summed E-state index contributed by atoms with van der Waals surface area (Å²) in [6.07, 6.45) is 3.25. The molecule has 2 rings (SSSR count). The zero-order chi connectivity index (χ0) is 44.9. The van der Waals surface area contributed by atoms with Gasteiger partial charge >= 0.3 is 5.97 Å². The highest BCUT2D eigenvalue weighted by Gasteiger charge is 2.40. The molecule has 0 aliphatic carbocycles. The minimum absolute atomic E-state index is 0.0122. The SMILES string of the molecule is CC[C@H](C)[C@H](NC(=O)[C@H](Cc1ccc(O)cc1)NC(=O)[C@@H]1CCCN1C(=O)[C@H](CCCN=C(N)N)NC(=O)[C@H](CCCCN(C)C)N=[N+]=[N-])C(=O)N[C@@H](CC(C)C)C(=O)O. The van der Waals surface area contributed by atoms with E-state index in [2.05, 4.69) is 36.3 Å². The Labute approximate surface area is 352 Å². The average molecular weight is 843 g/mol. The Balaban J connectivity index is 2.40. The first-order valence-corrected chi connectivity index (χ1v) is 20.6. The van der Waals surface area contributed by atoms with Crippen LogP contribution in [0, 0.1) is 11.8 Å². The van der Waals surface area contributed by atoms with Crippen LogP contribution >= 0.6 is 0 Å². The highest BCUT2D eigenvalue weighted by molar-refractivity contribution is 5.97. The second kappa shape index (κ2) is 25.8. The topological polar surface area (TPSA) is 311 Å². The van der Waals surface area contributed by atoms with Gasteiger partial charge < -0.3 is 52.7 Å². The van der Waals surface area contributed by atoms with Crippen LogP contribution in [0.3, 0.4) is 0 Å². The number of nitrogens with zero attached hydrogens (tertiary/aromatic N) is 6. The summed E-state index contributed by atoms with van der Waals surface area (Å²) in [6, 6.07) is -0.823. The number of aliphatic imine (C=N–C) groups is 1. The van der Waals surface area contributed by atoms with E-state index in [1.54, 1.807) is 19.1 Å². The van der Waals surface area contributed by atoms with Crippen LogP contribution in [0.1, 0.15) is 91.0 Å². The second-order valence-electron chi connectivity index (χ2n) is 16.1. The molecule has 20 heteroatoms. The second-order valence-corrected chi connectivity index (χ2v) is 16.1. The first-order chi connectivity index (χ1) is 28.4. The lowest BCUT2D eigenvalue weighted by Crippen LogP contribution is -2.60. The number of aromatic hydroxyl groups is 1. The number of carboxylic acids is 1. The standard InChI is InChI=1S/C40H66N12O8/c1-7-25(4)33(37(57)47-31(39(59)60)22-24(2)3)48-35(55)30(23-26-15-17-27(53)18-16-26)46-36(56)32-14-11-21-52(32)38(58)29(13-10-19-44-40(41)42)45-34(54)28(49-50-43)12-8-9-20-51(5)6/h15-18,24-25,28-33,53H,7-14,19-23H2,1-6H3,(H,45,54)(H,46,56)(H,47,57)(H,48,55)(H,59,60)(H4,41,42,44)/t25-,28-,29-,30-,31-,32-,33-/m0/s1. The third-order valence-electron chi connectivity index (χ3n) is 10.3. The maximum absolute atomic E-state index is 14.3. The number of nitrogens with two attached hydrogens (primary N) is 2. The summed E-state index contributed by atoms with van der Waals surface area (Å²) < 4.78 is 0. The van der Waals surface area contributed by atoms with Crippen molar-refractivity contribution in [3.8, 4) is 5.75 Å². The molecular formula is C40H66N12O8. The Bertz CT molecular complexity index is 1660. The fourth-order valence-electron chi connectivity index (χ4n) is 6.86. The minimum atomic E-state index is -1.27. The van der Waals surface area contributed by atoms with Crippen molar-refractivity contribution in [3.63, 3.8) is 0 Å². The monoisotopic (exact) mass is 843 g/mol. The van der Waals surface area contributed by atoms with Gasteiger partial charge in [0.05, 0.1) is 0 Å². The van der Waals surface area contributed by atoms with Gasteiger partial charge in [-0.05, 0) is 101 Å². The van der Waals surface area contributed by atoms with Crippen molar-refractivity contribution in [2.45, 2.75) is 128 Å². The maximum Gasteiger partial charge on any atom is 0.326 e. The van der Waals surface area contributed by atoms with E-state index in [-0.39, 0.29) is 62.8 Å². The van der Waals surface area contributed by atoms with Gasteiger partial charge in [0.2, 0.25) is 29.5 Å². The molecule has 0 radical (unpaired) electrons. The lowest BCUT2D eigenvalue weighted by atomic mass is 9.96. The molecule has 0 saturated carbocycles. The number of azide groups is 1. The number of hydrogen-bond donors (Lipinski definition) is 8. The van der Waals surface area contributed by atoms with Crippen molar-refractivity contribution < 1.29 is 39.0 Å². The summed E-state index contributed by atoms with van der Waals surface area (Å²) in [7, 11) is 3.84. The van der Waals surface area contributed by atoms with Crippen LogP contribution in [-0.4, -0.2) is 131 Å². The minimum Gasteiger partial charge on any atom is -0.508 e. The summed E-state index contributed by atoms with van der Waals surface area (Å²) in [6.45, 7) is 8.32. The number of amides is 5. The Morgan fingerprint density at radius 2 is 1.58 bits per heavy atom. The molecule has 1 aromatic carbocycles. The van der Waals surface area contributed by atoms with E-state index in [0.29, 0.717) is 31.2 Å². The lowest BCUT2D eigenvalue weighted by Gasteiger charge is -2.31. The van der Waals surface area contributed by atoms with Gasteiger partial charge in [-0.2, -0.15) is 0 Å². The van der Waals surface area contributed by atoms with Crippen LogP contribution in [0.2, 0.25) is 0 Å². The molecule has 1 aliphatic rings. The molecule has 0 bridgehead atoms. The van der Waals surface area contributed by atoms with Gasteiger partial charge in [0.25, 0.3) is 0 Å². The van der Waals surface area contributed by atoms with Gasteiger partial charge in [0.1, 0.15) is 42.0 Å². The summed E-state index contributed by atoms with van der Waals surface area (Å²) in [4.78, 5) is 91.7. The van der Waals surface area contributed by atoms with Crippen LogP contribution in [0.25, 0.3) is 10.4 Å². The summed E-state index contributed by atoms with van der Waals surface area (Å²) in [5.74, 6) is -5.07. The van der Waals surface area contributed by atoms with Gasteiger partial charge in [0, 0.05) is 24.4 Å². The van der Waals surface area contributed by atoms with E-state index >= 15 is 0 Å². The lowest BCUT2D eigenvalue weighted by molar-refractivity contribution is -0.143. The van der Waals surface area contributed by atoms with Crippen molar-refractivity contribution in [1.29, 1.82) is 0 Å². The smallest absolute Gasteiger partial charge is 0.326 e. The number of unbranched alkanes of at least 4 members (excludes halogenated alkanes) is 1. The van der Waals surface area contributed by atoms with Gasteiger partial charge in [-0.1, -0.05) is 57.8 Å². The zero-order valence-corrected chi connectivity index (χ0v) is 35.8. The normalized spacial score (nSPS) is 16.7. The number of carboxylic acid groups (broad SMARTS) is 1. The van der Waals surface area contributed by atoms with Crippen molar-refractivity contribution in [1.82, 2.24) is 31.1 Å². The third-order valence-corrected chi connectivity index (χ3v) is 10.3. The molecule has 10 N–H and O–H groups in total. The summed E-state index contributed by atoms with van der Waals surface area (Å²) in [5, 5.41) is 34.2. The number of benzene rings is 1. The first-order valence-electron chi connectivity index (χ1n) is 20.6. The van der Waals surface area contributed by atoms with E-state index in [0.717, 1.165) is 13.0 Å². The molecule has 0 aromatic heterocycles. The van der Waals surface area contributed by atoms with Crippen LogP contribution in [0.15, 0.2) is 34.4 Å². The molecular weight excluding hydrogens is 777 g/mol. The number of phenolic OH excluding ortho intramolecular Hbond substituents is 1. The predicted octanol–water partition coefficient (Wildman–Crippen LogP) is 1.51. The van der Waals surface area contributed by atoms with Crippen LogP contribution in [-0.2, 0) is 35.2 Å². The number of hydrogen-bond acceptors (Lipinski definition) is 10. The molecule has 1 fully saturated rings. The van der Waals surface area contributed by atoms with Crippen molar-refractivity contribution in [3.05, 3.63) is 40.3 Å². The number of likely N-dealkylation sites (tertiary alicyclic amines) is 1. The van der Waals surface area contributed by atoms with Gasteiger partial charge in [-0.15, -0.1) is 0 Å². The van der Waals surface area contributed by atoms with Crippen molar-refractivity contribution in [2.24, 2.45) is 33.4 Å². The first kappa shape index (κ1) is 50.5. The number of phenols is 1. The highest BCUT2D eigenvalue weighted by atomic mass is 16.4. The summed E-state index contributed by atoms with van der Waals surface area (Å²) >= 11 is 0. The largest absolute Gasteiger partial charge is 0.508 e. The predicted molar refractivity (Wildman–Crippen MR) is 226 cm³/mol. The van der Waals surface area contributed by atoms with E-state index in [9.17, 15) is 44.5 Å². The number of carbonyl (C=O) groups excluding carboxylic acids is 5. The Kier molecular flexibility index (Phi) is 21.7. The number of aliphatic carboxylic acids is 1. The van der Waals surface area contributed by atoms with E-state index in [1.165, 1.54) is 17.0 Å². The van der Waals surface area contributed by atoms with E-state index in [4.69, 9.17) is 11.5 Å².